The zero-order chi connectivity index (χ0) is 38.7. The molecule has 3 heterocycles. The number of amides is 4. The van der Waals surface area contributed by atoms with Gasteiger partial charge in [0.1, 0.15) is 11.5 Å². The fourth-order valence-electron chi connectivity index (χ4n) is 7.91. The third-order valence-electron chi connectivity index (χ3n) is 10.3. The van der Waals surface area contributed by atoms with E-state index >= 15 is 0 Å². The molecule has 0 spiro atoms. The number of rotatable bonds is 5. The van der Waals surface area contributed by atoms with E-state index in [1.54, 1.807) is 6.08 Å². The van der Waals surface area contributed by atoms with Gasteiger partial charge in [0.05, 0.1) is 34.1 Å². The molecule has 1 aromatic heterocycles. The molecule has 4 aliphatic rings. The Balaban J connectivity index is 1.39. The number of hydrogen-bond donors (Lipinski definition) is 1. The van der Waals surface area contributed by atoms with E-state index in [4.69, 9.17) is 39.5 Å². The van der Waals surface area contributed by atoms with Crippen LogP contribution in [0.15, 0.2) is 63.1 Å². The topological polar surface area (TPSA) is 120 Å². The van der Waals surface area contributed by atoms with E-state index in [0.29, 0.717) is 16.6 Å². The standard InChI is InChI=1S/C34H23Br2Cl3F4N4O6/c1-45(27-19(37)9-10-21(44-27)34(41,42)43)47-28(49)16-8-7-15-18(22(16)29(47)50)12-32(38)30(51)46(14-5-3-13(40)4-6-14)31(52)33(32,39)23(15)17-11-20(53-2)26(48)25(36)24(17)35/h3-7,9-11,16,18,22-23,48H,8,12H2,1-2H3. The van der Waals surface area contributed by atoms with Crippen LogP contribution in [0.25, 0.3) is 0 Å². The number of alkyl halides is 5. The maximum Gasteiger partial charge on any atom is 0.433 e. The Morgan fingerprint density at radius 1 is 1.00 bits per heavy atom. The number of fused-ring (bicyclic) bond motifs is 4. The van der Waals surface area contributed by atoms with Crippen LogP contribution in [0.5, 0.6) is 11.5 Å². The van der Waals surface area contributed by atoms with E-state index in [2.05, 4.69) is 36.8 Å². The van der Waals surface area contributed by atoms with Gasteiger partial charge in [0, 0.05) is 17.4 Å². The molecule has 2 aliphatic heterocycles. The van der Waals surface area contributed by atoms with Crippen LogP contribution in [0.1, 0.15) is 30.0 Å². The number of benzene rings is 2. The van der Waals surface area contributed by atoms with Crippen LogP contribution in [-0.2, 0) is 25.4 Å². The van der Waals surface area contributed by atoms with Gasteiger partial charge in [-0.05, 0) is 98.6 Å². The first kappa shape index (κ1) is 37.9. The monoisotopic (exact) mass is 922 g/mol. The number of aromatic nitrogens is 1. The number of carbonyl (C=O) groups excluding carboxylic acids is 4. The summed E-state index contributed by atoms with van der Waals surface area (Å²) in [6.07, 6.45) is -3.74. The number of phenols is 1. The normalized spacial score (nSPS) is 28.2. The van der Waals surface area contributed by atoms with Gasteiger partial charge in [-0.3, -0.25) is 24.2 Å². The van der Waals surface area contributed by atoms with Gasteiger partial charge in [0.2, 0.25) is 0 Å². The van der Waals surface area contributed by atoms with Gasteiger partial charge in [-0.2, -0.15) is 18.2 Å². The predicted octanol–water partition coefficient (Wildman–Crippen LogP) is 7.75. The molecule has 278 valence electrons. The number of ether oxygens (including phenoxy) is 1. The summed E-state index contributed by atoms with van der Waals surface area (Å²) in [6, 6.07) is 7.50. The number of methoxy groups -OCH3 is 1. The van der Waals surface area contributed by atoms with Crippen molar-refractivity contribution in [2.24, 2.45) is 17.8 Å². The molecule has 6 atom stereocenters. The van der Waals surface area contributed by atoms with Crippen LogP contribution < -0.4 is 14.6 Å². The van der Waals surface area contributed by atoms with Crippen LogP contribution in [-0.4, -0.2) is 62.6 Å². The summed E-state index contributed by atoms with van der Waals surface area (Å²) in [5, 5.41) is 12.0. The van der Waals surface area contributed by atoms with Crippen LogP contribution in [0.2, 0.25) is 5.02 Å². The van der Waals surface area contributed by atoms with E-state index in [1.165, 1.54) is 32.4 Å². The van der Waals surface area contributed by atoms with Crippen molar-refractivity contribution in [3.8, 4) is 11.5 Å². The van der Waals surface area contributed by atoms with Gasteiger partial charge in [-0.15, -0.1) is 23.2 Å². The van der Waals surface area contributed by atoms with Crippen LogP contribution >= 0.6 is 66.7 Å². The highest BCUT2D eigenvalue weighted by Gasteiger charge is 2.77. The summed E-state index contributed by atoms with van der Waals surface area (Å²) >= 11 is 27.8. The largest absolute Gasteiger partial charge is 0.503 e. The number of carbonyl (C=O) groups is 4. The van der Waals surface area contributed by atoms with Gasteiger partial charge in [-0.25, -0.2) is 14.3 Å². The summed E-state index contributed by atoms with van der Waals surface area (Å²) in [5.74, 6) is -9.73. The Labute approximate surface area is 329 Å². The van der Waals surface area contributed by atoms with Crippen molar-refractivity contribution in [2.75, 3.05) is 24.1 Å². The molecular formula is C34H23Br2Cl3F4N4O6. The highest BCUT2D eigenvalue weighted by atomic mass is 79.9. The molecule has 19 heteroatoms. The molecule has 2 aromatic carbocycles. The van der Waals surface area contributed by atoms with Crippen molar-refractivity contribution >= 4 is 102 Å². The Kier molecular flexibility index (Phi) is 9.16. The number of anilines is 2. The Hall–Kier alpha value is -3.44. The Morgan fingerprint density at radius 3 is 2.28 bits per heavy atom. The Morgan fingerprint density at radius 2 is 1.66 bits per heavy atom. The number of hydrogen-bond acceptors (Lipinski definition) is 8. The smallest absolute Gasteiger partial charge is 0.433 e. The SMILES string of the molecule is COc1cc(C2C3=CCC4C(=O)N(N(C)c5nc(C(F)(F)F)ccc5Cl)C(=O)C4C3CC3(Cl)C(=O)N(c4ccc(F)cc4)C(=O)C23Cl)c(Br)c(Br)c1O. The Bertz CT molecular complexity index is 2180. The first-order valence-electron chi connectivity index (χ1n) is 15.6. The van der Waals surface area contributed by atoms with E-state index in [9.17, 15) is 41.8 Å². The summed E-state index contributed by atoms with van der Waals surface area (Å²) < 4.78 is 60.5. The van der Waals surface area contributed by atoms with Crippen LogP contribution in [0.3, 0.4) is 0 Å². The molecule has 2 saturated heterocycles. The molecule has 1 saturated carbocycles. The number of nitrogens with zero attached hydrogens (tertiary/aromatic N) is 4. The van der Waals surface area contributed by atoms with Crippen molar-refractivity contribution in [2.45, 2.75) is 34.7 Å². The third-order valence-corrected chi connectivity index (χ3v) is 14.2. The summed E-state index contributed by atoms with van der Waals surface area (Å²) in [7, 11) is 2.46. The van der Waals surface area contributed by atoms with E-state index in [-0.39, 0.29) is 43.1 Å². The highest BCUT2D eigenvalue weighted by molar-refractivity contribution is 9.13. The minimum atomic E-state index is -4.86. The minimum Gasteiger partial charge on any atom is -0.503 e. The van der Waals surface area contributed by atoms with Gasteiger partial charge < -0.3 is 9.84 Å². The summed E-state index contributed by atoms with van der Waals surface area (Å²) in [4.78, 5) is 57.4. The second-order valence-corrected chi connectivity index (χ2v) is 16.1. The van der Waals surface area contributed by atoms with Crippen molar-refractivity contribution in [1.29, 1.82) is 0 Å². The van der Waals surface area contributed by atoms with Gasteiger partial charge in [0.15, 0.2) is 27.1 Å². The average molecular weight is 926 g/mol. The lowest BCUT2D eigenvalue weighted by Gasteiger charge is -2.51. The molecule has 53 heavy (non-hydrogen) atoms. The maximum atomic E-state index is 14.6. The fourth-order valence-corrected chi connectivity index (χ4v) is 10.0. The fraction of sp³-hybridized carbons (Fsp3) is 0.324. The lowest BCUT2D eigenvalue weighted by atomic mass is 9.56. The summed E-state index contributed by atoms with van der Waals surface area (Å²) in [6.45, 7) is 0. The maximum absolute atomic E-state index is 14.6. The van der Waals surface area contributed by atoms with E-state index in [1.807, 2.05) is 0 Å². The molecule has 3 aromatic rings. The molecular weight excluding hydrogens is 903 g/mol. The zero-order valence-corrected chi connectivity index (χ0v) is 32.5. The van der Waals surface area contributed by atoms with Crippen molar-refractivity contribution in [3.63, 3.8) is 0 Å². The quantitative estimate of drug-likeness (QED) is 0.120. The average Bonchev–Trinajstić information content (AvgIpc) is 3.45. The van der Waals surface area contributed by atoms with Crippen LogP contribution in [0, 0.1) is 23.6 Å². The molecule has 0 radical (unpaired) electrons. The molecule has 10 nitrogen and oxygen atoms in total. The van der Waals surface area contributed by atoms with E-state index < -0.39 is 87.0 Å². The number of imide groups is 2. The number of hydrazine groups is 1. The van der Waals surface area contributed by atoms with Gasteiger partial charge in [0.25, 0.3) is 23.6 Å². The van der Waals surface area contributed by atoms with Crippen molar-refractivity contribution in [3.05, 3.63) is 85.2 Å². The van der Waals surface area contributed by atoms with Gasteiger partial charge in [-0.1, -0.05) is 23.3 Å². The first-order valence-corrected chi connectivity index (χ1v) is 18.3. The second-order valence-electron chi connectivity index (χ2n) is 12.9. The number of aromatic hydroxyl groups is 1. The summed E-state index contributed by atoms with van der Waals surface area (Å²) in [5.41, 5.74) is -0.758. The highest BCUT2D eigenvalue weighted by Crippen LogP contribution is 2.67. The molecule has 0 bridgehead atoms. The molecule has 3 fully saturated rings. The molecule has 2 aliphatic carbocycles. The minimum absolute atomic E-state index is 0.0293. The number of allylic oxidation sites excluding steroid dienone is 2. The molecule has 1 N–H and O–H groups in total. The second kappa shape index (κ2) is 12.8. The third kappa shape index (κ3) is 5.33. The molecule has 7 rings (SSSR count). The predicted molar refractivity (Wildman–Crippen MR) is 191 cm³/mol. The molecule has 6 unspecified atom stereocenters. The van der Waals surface area contributed by atoms with E-state index in [0.717, 1.165) is 28.1 Å². The zero-order valence-electron chi connectivity index (χ0n) is 27.0. The van der Waals surface area contributed by atoms with Crippen LogP contribution in [0.4, 0.5) is 29.1 Å². The molecule has 4 amide bonds. The van der Waals surface area contributed by atoms with Crippen molar-refractivity contribution < 1.29 is 46.6 Å². The van der Waals surface area contributed by atoms with Gasteiger partial charge >= 0.3 is 6.18 Å². The lowest BCUT2D eigenvalue weighted by molar-refractivity contribution is -0.141. The first-order chi connectivity index (χ1) is 24.8. The number of halogens is 9. The van der Waals surface area contributed by atoms with Crippen molar-refractivity contribution in [1.82, 2.24) is 9.99 Å². The number of pyridine rings is 1. The number of phenolic OH excluding ortho intramolecular Hbond substituents is 1. The lowest BCUT2D eigenvalue weighted by Crippen LogP contribution is -2.60.